The molecule has 12 heavy (non-hydrogen) atoms. The van der Waals surface area contributed by atoms with Crippen molar-refractivity contribution in [1.29, 1.82) is 0 Å². The van der Waals surface area contributed by atoms with Crippen molar-refractivity contribution in [2.24, 2.45) is 23.5 Å². The first-order chi connectivity index (χ1) is 5.68. The summed E-state index contributed by atoms with van der Waals surface area (Å²) < 4.78 is 0. The topological polar surface area (TPSA) is 63.3 Å². The van der Waals surface area contributed by atoms with Gasteiger partial charge in [0.25, 0.3) is 0 Å². The molecule has 1 amide bonds. The van der Waals surface area contributed by atoms with Gasteiger partial charge >= 0.3 is 0 Å². The summed E-state index contributed by atoms with van der Waals surface area (Å²) in [6.45, 7) is 0. The maximum Gasteiger partial charge on any atom is 0.246 e. The van der Waals surface area contributed by atoms with Crippen LogP contribution in [0.3, 0.4) is 0 Å². The number of aliphatic hydroxyl groups excluding tert-OH is 1. The first-order valence-corrected chi connectivity index (χ1v) is 4.34. The predicted molar refractivity (Wildman–Crippen MR) is 44.0 cm³/mol. The van der Waals surface area contributed by atoms with Crippen LogP contribution in [0.15, 0.2) is 12.2 Å². The van der Waals surface area contributed by atoms with E-state index in [2.05, 4.69) is 12.2 Å². The molecule has 2 bridgehead atoms. The molecule has 3 heteroatoms. The van der Waals surface area contributed by atoms with Crippen molar-refractivity contribution in [2.45, 2.75) is 18.9 Å². The summed E-state index contributed by atoms with van der Waals surface area (Å²) in [5.74, 6) is 0.463. The van der Waals surface area contributed by atoms with Crippen molar-refractivity contribution in [3.63, 3.8) is 0 Å². The third kappa shape index (κ3) is 1.05. The highest BCUT2D eigenvalue weighted by Gasteiger charge is 2.41. The second-order valence-corrected chi connectivity index (χ2v) is 3.79. The maximum absolute atomic E-state index is 10.7. The van der Waals surface area contributed by atoms with Crippen molar-refractivity contribution < 1.29 is 9.90 Å². The molecule has 4 atom stereocenters. The van der Waals surface area contributed by atoms with Crippen LogP contribution in [-0.4, -0.2) is 17.1 Å². The maximum atomic E-state index is 10.7. The summed E-state index contributed by atoms with van der Waals surface area (Å²) in [4.78, 5) is 10.7. The Labute approximate surface area is 71.3 Å². The lowest BCUT2D eigenvalue weighted by atomic mass is 9.88. The van der Waals surface area contributed by atoms with Crippen LogP contribution in [0.5, 0.6) is 0 Å². The number of allylic oxidation sites excluding steroid dienone is 2. The number of hydrogen-bond donors (Lipinski definition) is 2. The molecule has 0 spiro atoms. The van der Waals surface area contributed by atoms with Gasteiger partial charge in [0.05, 0.1) is 0 Å². The molecule has 0 radical (unpaired) electrons. The Morgan fingerprint density at radius 3 is 2.67 bits per heavy atom. The Morgan fingerprint density at radius 2 is 2.25 bits per heavy atom. The molecule has 3 nitrogen and oxygen atoms in total. The number of carbonyl (C=O) groups is 1. The van der Waals surface area contributed by atoms with E-state index >= 15 is 0 Å². The molecule has 1 saturated carbocycles. The first kappa shape index (κ1) is 7.80. The van der Waals surface area contributed by atoms with Gasteiger partial charge in [-0.05, 0) is 24.7 Å². The summed E-state index contributed by atoms with van der Waals surface area (Å²) in [6, 6.07) is 0. The van der Waals surface area contributed by atoms with Crippen molar-refractivity contribution in [1.82, 2.24) is 0 Å². The number of carbonyl (C=O) groups excluding carboxylic acids is 1. The van der Waals surface area contributed by atoms with E-state index in [1.807, 2.05) is 0 Å². The lowest BCUT2D eigenvalue weighted by Crippen LogP contribution is -2.36. The molecular weight excluding hydrogens is 154 g/mol. The van der Waals surface area contributed by atoms with Crippen LogP contribution in [0.1, 0.15) is 12.8 Å². The summed E-state index contributed by atoms with van der Waals surface area (Å²) >= 11 is 0. The van der Waals surface area contributed by atoms with Crippen LogP contribution < -0.4 is 5.73 Å². The zero-order valence-corrected chi connectivity index (χ0v) is 6.81. The number of amides is 1. The minimum atomic E-state index is -0.940. The number of hydrogen-bond acceptors (Lipinski definition) is 2. The van der Waals surface area contributed by atoms with Gasteiger partial charge in [-0.25, -0.2) is 0 Å². The van der Waals surface area contributed by atoms with Crippen molar-refractivity contribution in [3.05, 3.63) is 12.2 Å². The minimum absolute atomic E-state index is 0.0810. The van der Waals surface area contributed by atoms with Crippen LogP contribution >= 0.6 is 0 Å². The van der Waals surface area contributed by atoms with E-state index in [0.29, 0.717) is 11.8 Å². The SMILES string of the molecule is NC(=O)C(O)C1CC2C=CC1C2. The van der Waals surface area contributed by atoms with E-state index in [4.69, 9.17) is 5.73 Å². The molecule has 0 aromatic heterocycles. The average molecular weight is 167 g/mol. The van der Waals surface area contributed by atoms with E-state index in [0.717, 1.165) is 12.8 Å². The fourth-order valence-electron chi connectivity index (χ4n) is 2.40. The standard InChI is InChI=1S/C9H13NO2/c10-9(12)8(11)7-4-5-1-2-6(7)3-5/h1-2,5-8,11H,3-4H2,(H2,10,12). The normalized spacial score (nSPS) is 40.2. The van der Waals surface area contributed by atoms with E-state index in [1.165, 1.54) is 0 Å². The van der Waals surface area contributed by atoms with Crippen molar-refractivity contribution in [2.75, 3.05) is 0 Å². The first-order valence-electron chi connectivity index (χ1n) is 4.34. The number of primary amides is 1. The minimum Gasteiger partial charge on any atom is -0.383 e. The van der Waals surface area contributed by atoms with Crippen LogP contribution in [0, 0.1) is 17.8 Å². The van der Waals surface area contributed by atoms with Gasteiger partial charge < -0.3 is 10.8 Å². The quantitative estimate of drug-likeness (QED) is 0.570. The summed E-state index contributed by atoms with van der Waals surface area (Å²) in [6.07, 6.45) is 5.35. The highest BCUT2D eigenvalue weighted by molar-refractivity contribution is 5.79. The molecule has 4 unspecified atom stereocenters. The highest BCUT2D eigenvalue weighted by Crippen LogP contribution is 2.44. The van der Waals surface area contributed by atoms with Gasteiger partial charge in [-0.3, -0.25) is 4.79 Å². The van der Waals surface area contributed by atoms with Crippen molar-refractivity contribution in [3.8, 4) is 0 Å². The zero-order valence-electron chi connectivity index (χ0n) is 6.81. The van der Waals surface area contributed by atoms with Crippen LogP contribution in [0.25, 0.3) is 0 Å². The largest absolute Gasteiger partial charge is 0.383 e. The van der Waals surface area contributed by atoms with Crippen LogP contribution in [-0.2, 0) is 4.79 Å². The van der Waals surface area contributed by atoms with Crippen LogP contribution in [0.2, 0.25) is 0 Å². The molecule has 1 fully saturated rings. The molecule has 0 heterocycles. The van der Waals surface area contributed by atoms with Gasteiger partial charge in [0, 0.05) is 5.92 Å². The van der Waals surface area contributed by atoms with Gasteiger partial charge in [0.15, 0.2) is 0 Å². The Kier molecular flexibility index (Phi) is 1.68. The monoisotopic (exact) mass is 167 g/mol. The lowest BCUT2D eigenvalue weighted by molar-refractivity contribution is -0.129. The van der Waals surface area contributed by atoms with E-state index in [9.17, 15) is 9.90 Å². The number of nitrogens with two attached hydrogens (primary N) is 1. The molecule has 0 aliphatic heterocycles. The second-order valence-electron chi connectivity index (χ2n) is 3.79. The molecule has 0 aromatic rings. The Hall–Kier alpha value is -0.830. The summed E-state index contributed by atoms with van der Waals surface area (Å²) in [5, 5.41) is 9.44. The van der Waals surface area contributed by atoms with E-state index in [-0.39, 0.29) is 5.92 Å². The number of fused-ring (bicyclic) bond motifs is 2. The van der Waals surface area contributed by atoms with Gasteiger partial charge in [-0.1, -0.05) is 12.2 Å². The van der Waals surface area contributed by atoms with Gasteiger partial charge in [0.2, 0.25) is 5.91 Å². The smallest absolute Gasteiger partial charge is 0.246 e. The lowest BCUT2D eigenvalue weighted by Gasteiger charge is -2.21. The molecule has 66 valence electrons. The van der Waals surface area contributed by atoms with Gasteiger partial charge in [0.1, 0.15) is 6.10 Å². The van der Waals surface area contributed by atoms with Gasteiger partial charge in [-0.2, -0.15) is 0 Å². The molecule has 2 aliphatic carbocycles. The van der Waals surface area contributed by atoms with Gasteiger partial charge in [-0.15, -0.1) is 0 Å². The Balaban J connectivity index is 2.07. The zero-order chi connectivity index (χ0) is 8.72. The molecule has 2 aliphatic rings. The molecule has 2 rings (SSSR count). The fraction of sp³-hybridized carbons (Fsp3) is 0.667. The van der Waals surface area contributed by atoms with E-state index in [1.54, 1.807) is 0 Å². The molecular formula is C9H13NO2. The van der Waals surface area contributed by atoms with Crippen molar-refractivity contribution >= 4 is 5.91 Å². The molecule has 0 saturated heterocycles. The van der Waals surface area contributed by atoms with Crippen LogP contribution in [0.4, 0.5) is 0 Å². The van der Waals surface area contributed by atoms with E-state index < -0.39 is 12.0 Å². The Morgan fingerprint density at radius 1 is 1.50 bits per heavy atom. The third-order valence-corrected chi connectivity index (χ3v) is 3.03. The average Bonchev–Trinajstić information content (AvgIpc) is 2.62. The number of rotatable bonds is 2. The predicted octanol–water partition coefficient (Wildman–Crippen LogP) is 0.0448. The third-order valence-electron chi connectivity index (χ3n) is 3.03. The highest BCUT2D eigenvalue weighted by atomic mass is 16.3. The molecule has 3 N–H and O–H groups in total. The number of aliphatic hydroxyl groups is 1. The summed E-state index contributed by atoms with van der Waals surface area (Å²) in [5.41, 5.74) is 5.03. The fourth-order valence-corrected chi connectivity index (χ4v) is 2.40. The Bertz CT molecular complexity index is 237. The summed E-state index contributed by atoms with van der Waals surface area (Å²) in [7, 11) is 0. The second kappa shape index (κ2) is 2.59. The molecule has 0 aromatic carbocycles.